The summed E-state index contributed by atoms with van der Waals surface area (Å²) in [7, 11) is 0. The Bertz CT molecular complexity index is 1710. The van der Waals surface area contributed by atoms with Gasteiger partial charge in [-0.15, -0.1) is 38.2 Å². The van der Waals surface area contributed by atoms with Crippen LogP contribution in [-0.2, 0) is 29.8 Å². The molecule has 52 heavy (non-hydrogen) atoms. The third kappa shape index (κ3) is 8.73. The Kier molecular flexibility index (Phi) is 17.3. The number of hydrogen-bond donors (Lipinski definition) is 0. The third-order valence-corrected chi connectivity index (χ3v) is 13.1. The number of fused-ring (bicyclic) bond motifs is 6. The van der Waals surface area contributed by atoms with Crippen LogP contribution in [-0.4, -0.2) is 6.88 Å². The number of benzene rings is 3. The first-order chi connectivity index (χ1) is 23.8. The van der Waals surface area contributed by atoms with E-state index in [-0.39, 0.29) is 46.5 Å². The standard InChI is InChI=1S/C29H37.2C7H7.C5H5.2ClH.Si.Zr/c1-18-25-22-17-19-13-9-10-14-20(19)24(22)21-15-11-12-16-23(21)29(25,8)28(6,7)27(4,5)26(18,2)3;2*1-7-5-3-2-4-6-7;1-2-4-5-3-1;;;;/h9-11,13-15,23H,12,16-17H2,1-8H3;2*2-3,5-6H,1H3;1-3H,4H2;2*1H;;/q4*-1;;;;. The Balaban J connectivity index is 0.000000331. The molecule has 0 heterocycles. The summed E-state index contributed by atoms with van der Waals surface area (Å²) in [5.41, 5.74) is 12.8. The summed E-state index contributed by atoms with van der Waals surface area (Å²) >= 11 is 1.36. The van der Waals surface area contributed by atoms with Gasteiger partial charge >= 0.3 is 30.2 Å². The minimum atomic E-state index is 0. The third-order valence-electron chi connectivity index (χ3n) is 13.1. The molecule has 2 atom stereocenters. The summed E-state index contributed by atoms with van der Waals surface area (Å²) in [6.07, 6.45) is 18.5. The van der Waals surface area contributed by atoms with Gasteiger partial charge in [-0.1, -0.05) is 127 Å². The Hall–Kier alpha value is -2.09. The molecule has 0 saturated heterocycles. The zero-order valence-corrected chi connectivity index (χ0v) is 38.1. The van der Waals surface area contributed by atoms with Crippen molar-refractivity contribution in [2.75, 3.05) is 0 Å². The number of aryl methyl sites for hydroxylation is 2. The van der Waals surface area contributed by atoms with E-state index in [0.717, 1.165) is 12.8 Å². The fourth-order valence-electron chi connectivity index (χ4n) is 8.87. The van der Waals surface area contributed by atoms with Gasteiger partial charge in [-0.25, -0.2) is 18.1 Å². The van der Waals surface area contributed by atoms with E-state index in [1.165, 1.54) is 58.4 Å². The predicted octanol–water partition coefficient (Wildman–Crippen LogP) is 13.3. The Morgan fingerprint density at radius 2 is 1.38 bits per heavy atom. The van der Waals surface area contributed by atoms with E-state index in [1.807, 2.05) is 48.6 Å². The van der Waals surface area contributed by atoms with Gasteiger partial charge in [0.15, 0.2) is 0 Å². The van der Waals surface area contributed by atoms with Crippen molar-refractivity contribution < 1.29 is 23.3 Å². The number of allylic oxidation sites excluding steroid dienone is 10. The van der Waals surface area contributed by atoms with Gasteiger partial charge in [0.2, 0.25) is 0 Å². The molecule has 0 nitrogen and oxygen atoms in total. The molecular weight excluding hydrogens is 767 g/mol. The van der Waals surface area contributed by atoms with E-state index in [9.17, 15) is 0 Å². The molecule has 8 rings (SSSR count). The molecule has 3 aromatic carbocycles. The van der Waals surface area contributed by atoms with Crippen LogP contribution >= 0.6 is 24.8 Å². The SMILES string of the molecule is C[C-]1C2=C3Cc4ccccc4C3=C3C=CCCC3C2(C)C(C)(C)C(C)(C)C1(C)C.Cc1c[c-]ccc1.Cc1c[c-]ccc1.Cl.Cl.[C-]1=CC=CC1.[Si]=[Zr]. The molecule has 0 aliphatic heterocycles. The zero-order chi connectivity index (χ0) is 36.7. The van der Waals surface area contributed by atoms with Crippen molar-refractivity contribution in [3.63, 3.8) is 0 Å². The van der Waals surface area contributed by atoms with Crippen molar-refractivity contribution in [1.29, 1.82) is 0 Å². The molecule has 4 heteroatoms. The van der Waals surface area contributed by atoms with E-state index in [1.54, 1.807) is 28.2 Å². The van der Waals surface area contributed by atoms with Crippen molar-refractivity contribution in [3.8, 4) is 0 Å². The molecule has 0 N–H and O–H groups in total. The van der Waals surface area contributed by atoms with Gasteiger partial charge in [0, 0.05) is 0 Å². The summed E-state index contributed by atoms with van der Waals surface area (Å²) in [4.78, 5) is 0. The predicted molar refractivity (Wildman–Crippen MR) is 226 cm³/mol. The molecule has 3 aromatic rings. The molecule has 1 fully saturated rings. The topological polar surface area (TPSA) is 0 Å². The first-order valence-corrected chi connectivity index (χ1v) is 22.3. The molecular formula is C48H58Cl2SiZr-4. The minimum absolute atomic E-state index is 0. The summed E-state index contributed by atoms with van der Waals surface area (Å²) in [5.74, 6) is 2.24. The first kappa shape index (κ1) is 46.1. The normalized spacial score (nSPS) is 22.6. The maximum absolute atomic E-state index is 3.06. The molecule has 0 amide bonds. The van der Waals surface area contributed by atoms with Gasteiger partial charge in [-0.3, -0.25) is 6.08 Å². The maximum atomic E-state index is 3.06. The van der Waals surface area contributed by atoms with E-state index >= 15 is 0 Å². The Labute approximate surface area is 346 Å². The van der Waals surface area contributed by atoms with Crippen LogP contribution in [0.3, 0.4) is 0 Å². The monoisotopic (exact) mass is 822 g/mol. The first-order valence-electron chi connectivity index (χ1n) is 18.2. The average molecular weight is 825 g/mol. The number of halogens is 2. The number of hydrogen-bond acceptors (Lipinski definition) is 0. The van der Waals surface area contributed by atoms with Crippen LogP contribution in [0, 0.1) is 65.6 Å². The van der Waals surface area contributed by atoms with Gasteiger partial charge < -0.3 is 0 Å². The van der Waals surface area contributed by atoms with E-state index in [4.69, 9.17) is 0 Å². The van der Waals surface area contributed by atoms with E-state index < -0.39 is 0 Å². The van der Waals surface area contributed by atoms with Crippen molar-refractivity contribution in [2.45, 2.75) is 94.9 Å². The van der Waals surface area contributed by atoms with Crippen LogP contribution in [0.5, 0.6) is 0 Å². The van der Waals surface area contributed by atoms with Crippen LogP contribution in [0.1, 0.15) is 96.9 Å². The molecule has 5 aliphatic rings. The van der Waals surface area contributed by atoms with Gasteiger partial charge in [-0.05, 0) is 40.6 Å². The summed E-state index contributed by atoms with van der Waals surface area (Å²) in [6.45, 7) is 27.5. The molecule has 0 aromatic heterocycles. The molecule has 5 aliphatic carbocycles. The molecule has 1 saturated carbocycles. The fraction of sp³-hybridized carbons (Fsp3) is 0.396. The molecule has 2 radical (unpaired) electrons. The van der Waals surface area contributed by atoms with Crippen LogP contribution in [0.25, 0.3) is 5.57 Å². The summed E-state index contributed by atoms with van der Waals surface area (Å²) in [6, 6.07) is 30.9. The molecule has 0 bridgehead atoms. The van der Waals surface area contributed by atoms with Crippen LogP contribution in [0.15, 0.2) is 120 Å². The zero-order valence-electron chi connectivity index (χ0n) is 33.0. The Morgan fingerprint density at radius 3 is 1.85 bits per heavy atom. The second kappa shape index (κ2) is 19.5. The Morgan fingerprint density at radius 1 is 0.788 bits per heavy atom. The quantitative estimate of drug-likeness (QED) is 0.156. The molecule has 276 valence electrons. The summed E-state index contributed by atoms with van der Waals surface area (Å²) < 4.78 is 0. The van der Waals surface area contributed by atoms with Crippen LogP contribution in [0.4, 0.5) is 0 Å². The van der Waals surface area contributed by atoms with Crippen molar-refractivity contribution >= 4 is 37.3 Å². The van der Waals surface area contributed by atoms with Crippen molar-refractivity contribution in [1.82, 2.24) is 0 Å². The van der Waals surface area contributed by atoms with Gasteiger partial charge in [0.1, 0.15) is 0 Å². The van der Waals surface area contributed by atoms with Crippen molar-refractivity contribution in [2.24, 2.45) is 27.6 Å². The van der Waals surface area contributed by atoms with E-state index in [2.05, 4.69) is 149 Å². The van der Waals surface area contributed by atoms with Crippen LogP contribution in [0.2, 0.25) is 0 Å². The van der Waals surface area contributed by atoms with Gasteiger partial charge in [-0.2, -0.15) is 89.0 Å². The summed E-state index contributed by atoms with van der Waals surface area (Å²) in [5, 5.41) is 0. The second-order valence-corrected chi connectivity index (χ2v) is 15.9. The molecule has 0 spiro atoms. The van der Waals surface area contributed by atoms with E-state index in [0.29, 0.717) is 5.92 Å². The number of rotatable bonds is 0. The van der Waals surface area contributed by atoms with Crippen molar-refractivity contribution in [3.05, 3.63) is 166 Å². The van der Waals surface area contributed by atoms with Gasteiger partial charge in [0.25, 0.3) is 0 Å². The molecule has 2 unspecified atom stereocenters. The fourth-order valence-corrected chi connectivity index (χ4v) is 8.87. The second-order valence-electron chi connectivity index (χ2n) is 15.9. The van der Waals surface area contributed by atoms with Gasteiger partial charge in [0.05, 0.1) is 0 Å². The average Bonchev–Trinajstić information content (AvgIpc) is 3.82. The van der Waals surface area contributed by atoms with Crippen LogP contribution < -0.4 is 0 Å².